The Labute approximate surface area is 140 Å². The molecule has 3 rings (SSSR count). The molecule has 0 bridgehead atoms. The Balaban J connectivity index is 1.96. The summed E-state index contributed by atoms with van der Waals surface area (Å²) in [6.45, 7) is -0.372. The Morgan fingerprint density at radius 3 is 2.64 bits per heavy atom. The van der Waals surface area contributed by atoms with Gasteiger partial charge in [0, 0.05) is 6.54 Å². The number of aliphatic carboxylic acids is 1. The van der Waals surface area contributed by atoms with Crippen LogP contribution in [0.3, 0.4) is 0 Å². The minimum absolute atomic E-state index is 0.135. The molecule has 1 atom stereocenters. The minimum Gasteiger partial charge on any atom is -0.480 e. The number of carbonyl (C=O) groups is 2. The topological polar surface area (TPSA) is 75.4 Å². The molecule has 6 nitrogen and oxygen atoms in total. The number of hydrogen-bond acceptors (Lipinski definition) is 3. The van der Waals surface area contributed by atoms with Gasteiger partial charge in [-0.2, -0.15) is 13.2 Å². The first-order valence-electron chi connectivity index (χ1n) is 7.84. The van der Waals surface area contributed by atoms with Crippen molar-refractivity contribution in [2.45, 2.75) is 38.0 Å². The fourth-order valence-electron chi connectivity index (χ4n) is 3.16. The zero-order valence-electron chi connectivity index (χ0n) is 13.2. The zero-order valence-corrected chi connectivity index (χ0v) is 13.2. The van der Waals surface area contributed by atoms with Crippen LogP contribution in [-0.4, -0.2) is 44.0 Å². The van der Waals surface area contributed by atoms with Crippen molar-refractivity contribution in [3.8, 4) is 0 Å². The molecular formula is C16H16F3N3O3. The lowest BCUT2D eigenvalue weighted by Gasteiger charge is -2.33. The Morgan fingerprint density at radius 2 is 1.96 bits per heavy atom. The number of hydrogen-bond donors (Lipinski definition) is 1. The molecule has 25 heavy (non-hydrogen) atoms. The van der Waals surface area contributed by atoms with Gasteiger partial charge in [-0.15, -0.1) is 0 Å². The molecule has 1 N–H and O–H groups in total. The Morgan fingerprint density at radius 1 is 1.24 bits per heavy atom. The number of imidazole rings is 1. The largest absolute Gasteiger partial charge is 0.480 e. The molecule has 1 saturated heterocycles. The van der Waals surface area contributed by atoms with Gasteiger partial charge in [-0.1, -0.05) is 12.1 Å². The van der Waals surface area contributed by atoms with Crippen LogP contribution in [0, 0.1) is 0 Å². The molecule has 1 aliphatic rings. The number of rotatable bonds is 3. The van der Waals surface area contributed by atoms with Crippen LogP contribution in [0.15, 0.2) is 24.3 Å². The number of alkyl halides is 3. The van der Waals surface area contributed by atoms with Gasteiger partial charge in [0.15, 0.2) is 0 Å². The number of benzene rings is 1. The monoisotopic (exact) mass is 355 g/mol. The van der Waals surface area contributed by atoms with E-state index in [1.165, 1.54) is 12.1 Å². The zero-order chi connectivity index (χ0) is 18.2. The Hall–Kier alpha value is -2.58. The highest BCUT2D eigenvalue weighted by molar-refractivity contribution is 5.85. The van der Waals surface area contributed by atoms with E-state index in [1.807, 2.05) is 0 Å². The molecule has 0 radical (unpaired) electrons. The summed E-state index contributed by atoms with van der Waals surface area (Å²) in [7, 11) is 0. The van der Waals surface area contributed by atoms with Crippen molar-refractivity contribution in [2.75, 3.05) is 6.54 Å². The number of amides is 1. The maximum atomic E-state index is 13.3. The predicted molar refractivity (Wildman–Crippen MR) is 81.7 cm³/mol. The number of nitrogens with zero attached hydrogens (tertiary/aromatic N) is 3. The van der Waals surface area contributed by atoms with Gasteiger partial charge in [0.25, 0.3) is 0 Å². The summed E-state index contributed by atoms with van der Waals surface area (Å²) in [5.74, 6) is -2.95. The molecule has 2 aromatic rings. The summed E-state index contributed by atoms with van der Waals surface area (Å²) in [4.78, 5) is 28.6. The quantitative estimate of drug-likeness (QED) is 0.918. The highest BCUT2D eigenvalue weighted by Crippen LogP contribution is 2.31. The van der Waals surface area contributed by atoms with Crippen LogP contribution >= 0.6 is 0 Å². The lowest BCUT2D eigenvalue weighted by Crippen LogP contribution is -2.49. The van der Waals surface area contributed by atoms with Crippen molar-refractivity contribution >= 4 is 22.9 Å². The molecular weight excluding hydrogens is 339 g/mol. The van der Waals surface area contributed by atoms with Crippen LogP contribution in [0.4, 0.5) is 13.2 Å². The molecule has 0 spiro atoms. The Bertz CT molecular complexity index is 816. The van der Waals surface area contributed by atoms with E-state index < -0.39 is 36.5 Å². The number of piperidine rings is 1. The maximum absolute atomic E-state index is 13.3. The average Bonchev–Trinajstić information content (AvgIpc) is 2.94. The molecule has 1 fully saturated rings. The fourth-order valence-corrected chi connectivity index (χ4v) is 3.16. The van der Waals surface area contributed by atoms with Crippen molar-refractivity contribution in [2.24, 2.45) is 0 Å². The van der Waals surface area contributed by atoms with Crippen LogP contribution in [0.5, 0.6) is 0 Å². The minimum atomic E-state index is -4.71. The average molecular weight is 355 g/mol. The third kappa shape index (κ3) is 3.31. The molecule has 0 saturated carbocycles. The lowest BCUT2D eigenvalue weighted by atomic mass is 10.0. The first-order chi connectivity index (χ1) is 11.8. The lowest BCUT2D eigenvalue weighted by molar-refractivity contribution is -0.154. The third-order valence-corrected chi connectivity index (χ3v) is 4.31. The van der Waals surface area contributed by atoms with Crippen LogP contribution in [0.1, 0.15) is 25.1 Å². The number of carbonyl (C=O) groups excluding carboxylic acids is 1. The van der Waals surface area contributed by atoms with E-state index in [2.05, 4.69) is 4.98 Å². The highest BCUT2D eigenvalue weighted by Gasteiger charge is 2.39. The molecule has 1 aliphatic heterocycles. The molecule has 0 aliphatic carbocycles. The third-order valence-electron chi connectivity index (χ3n) is 4.31. The second-order valence-corrected chi connectivity index (χ2v) is 5.94. The highest BCUT2D eigenvalue weighted by atomic mass is 19.4. The number of aromatic nitrogens is 2. The SMILES string of the molecule is O=C(O)[C@H]1CCCCN1C(=O)Cn1c(C(F)(F)F)nc2ccccc21. The van der Waals surface area contributed by atoms with Gasteiger partial charge >= 0.3 is 12.1 Å². The van der Waals surface area contributed by atoms with Crippen molar-refractivity contribution in [1.82, 2.24) is 14.5 Å². The number of likely N-dealkylation sites (tertiary alicyclic amines) is 1. The summed E-state index contributed by atoms with van der Waals surface area (Å²) >= 11 is 0. The molecule has 2 heterocycles. The first kappa shape index (κ1) is 17.2. The van der Waals surface area contributed by atoms with Crippen molar-refractivity contribution < 1.29 is 27.9 Å². The number of carboxylic acid groups (broad SMARTS) is 1. The van der Waals surface area contributed by atoms with E-state index in [0.717, 1.165) is 9.47 Å². The van der Waals surface area contributed by atoms with Crippen LogP contribution in [-0.2, 0) is 22.3 Å². The number of halogens is 3. The van der Waals surface area contributed by atoms with Crippen LogP contribution < -0.4 is 0 Å². The van der Waals surface area contributed by atoms with E-state index in [0.29, 0.717) is 19.3 Å². The Kier molecular flexibility index (Phi) is 4.40. The van der Waals surface area contributed by atoms with Crippen molar-refractivity contribution in [1.29, 1.82) is 0 Å². The summed E-state index contributed by atoms with van der Waals surface area (Å²) < 4.78 is 40.7. The van der Waals surface area contributed by atoms with Gasteiger partial charge < -0.3 is 14.6 Å². The van der Waals surface area contributed by atoms with E-state index in [9.17, 15) is 27.9 Å². The van der Waals surface area contributed by atoms with Gasteiger partial charge in [-0.25, -0.2) is 9.78 Å². The predicted octanol–water partition coefficient (Wildman–Crippen LogP) is 2.52. The number of fused-ring (bicyclic) bond motifs is 1. The molecule has 1 aromatic heterocycles. The summed E-state index contributed by atoms with van der Waals surface area (Å²) in [6, 6.07) is 5.02. The molecule has 1 aromatic carbocycles. The summed E-state index contributed by atoms with van der Waals surface area (Å²) in [5.41, 5.74) is 0.322. The van der Waals surface area contributed by atoms with Gasteiger partial charge in [0.1, 0.15) is 12.6 Å². The van der Waals surface area contributed by atoms with Crippen LogP contribution in [0.2, 0.25) is 0 Å². The second kappa shape index (κ2) is 6.38. The smallest absolute Gasteiger partial charge is 0.449 e. The maximum Gasteiger partial charge on any atom is 0.449 e. The molecule has 9 heteroatoms. The van der Waals surface area contributed by atoms with Gasteiger partial charge in [-0.05, 0) is 31.4 Å². The fraction of sp³-hybridized carbons (Fsp3) is 0.438. The normalized spacial score (nSPS) is 18.5. The molecule has 0 unspecified atom stereocenters. The van der Waals surface area contributed by atoms with Crippen LogP contribution in [0.25, 0.3) is 11.0 Å². The van der Waals surface area contributed by atoms with Gasteiger partial charge in [-0.3, -0.25) is 4.79 Å². The summed E-state index contributed by atoms with van der Waals surface area (Å²) in [6.07, 6.45) is -3.11. The second-order valence-electron chi connectivity index (χ2n) is 5.94. The first-order valence-corrected chi connectivity index (χ1v) is 7.84. The van der Waals surface area contributed by atoms with Crippen molar-refractivity contribution in [3.05, 3.63) is 30.1 Å². The van der Waals surface area contributed by atoms with E-state index >= 15 is 0 Å². The summed E-state index contributed by atoms with van der Waals surface area (Å²) in [5, 5.41) is 9.25. The van der Waals surface area contributed by atoms with Gasteiger partial charge in [0.2, 0.25) is 11.7 Å². The van der Waals surface area contributed by atoms with E-state index in [1.54, 1.807) is 12.1 Å². The number of carboxylic acids is 1. The number of para-hydroxylation sites is 2. The molecule has 1 amide bonds. The van der Waals surface area contributed by atoms with Gasteiger partial charge in [0.05, 0.1) is 11.0 Å². The van der Waals surface area contributed by atoms with E-state index in [4.69, 9.17) is 0 Å². The molecule has 134 valence electrons. The standard InChI is InChI=1S/C16H16F3N3O3/c17-16(18,19)15-20-10-5-1-2-6-11(10)22(15)9-13(23)21-8-4-3-7-12(21)14(24)25/h1-2,5-6,12H,3-4,7-9H2,(H,24,25)/t12-/m1/s1. The van der Waals surface area contributed by atoms with E-state index in [-0.39, 0.29) is 17.6 Å². The van der Waals surface area contributed by atoms with Crippen molar-refractivity contribution in [3.63, 3.8) is 0 Å².